The summed E-state index contributed by atoms with van der Waals surface area (Å²) in [6, 6.07) is 26.4. The first kappa shape index (κ1) is 29.8. The number of carboxylic acids is 1. The average molecular weight is 620 g/mol. The smallest absolute Gasteiger partial charge is 0.335 e. The summed E-state index contributed by atoms with van der Waals surface area (Å²) >= 11 is 0. The molecule has 236 valence electrons. The van der Waals surface area contributed by atoms with E-state index >= 15 is 0 Å². The molecule has 0 aliphatic heterocycles. The lowest BCUT2D eigenvalue weighted by Crippen LogP contribution is -2.56. The quantitative estimate of drug-likeness (QED) is 0.139. The van der Waals surface area contributed by atoms with Crippen molar-refractivity contribution in [1.29, 1.82) is 0 Å². The molecule has 8 heteroatoms. The maximum absolute atomic E-state index is 11.8. The minimum absolute atomic E-state index is 0.0242. The average Bonchev–Trinajstić information content (AvgIpc) is 2.99. The summed E-state index contributed by atoms with van der Waals surface area (Å²) in [7, 11) is 0. The minimum Gasteiger partial charge on any atom is -0.482 e. The normalized spacial score (nSPS) is 26.0. The molecular weight excluding hydrogens is 582 g/mol. The largest absolute Gasteiger partial charge is 0.482 e. The van der Waals surface area contributed by atoms with Crippen LogP contribution in [0.4, 0.5) is 5.69 Å². The van der Waals surface area contributed by atoms with Crippen LogP contribution < -0.4 is 14.2 Å². The Morgan fingerprint density at radius 3 is 2.07 bits per heavy atom. The molecular formula is C38H37NO7. The number of ether oxygens (including phenoxy) is 3. The fraction of sp³-hybridized carbons (Fsp3) is 0.342. The summed E-state index contributed by atoms with van der Waals surface area (Å²) in [5.41, 5.74) is 2.65. The Hall–Kier alpha value is -4.85. The van der Waals surface area contributed by atoms with Gasteiger partial charge in [-0.15, -0.1) is 0 Å². The maximum Gasteiger partial charge on any atom is 0.335 e. The van der Waals surface area contributed by atoms with Crippen molar-refractivity contribution in [2.75, 3.05) is 0 Å². The van der Waals surface area contributed by atoms with Crippen LogP contribution in [0.25, 0.3) is 0 Å². The number of nitrogens with zero attached hydrogens (tertiary/aromatic N) is 1. The molecule has 4 fully saturated rings. The lowest BCUT2D eigenvalue weighted by Gasteiger charge is -2.65. The molecule has 4 aromatic rings. The van der Waals surface area contributed by atoms with Crippen molar-refractivity contribution >= 4 is 11.7 Å². The molecule has 0 heterocycles. The van der Waals surface area contributed by atoms with Gasteiger partial charge in [0.2, 0.25) is 5.75 Å². The predicted molar refractivity (Wildman–Crippen MR) is 173 cm³/mol. The fourth-order valence-electron chi connectivity index (χ4n) is 9.33. The number of hydrogen-bond acceptors (Lipinski definition) is 6. The number of carbonyl (C=O) groups is 1. The van der Waals surface area contributed by atoms with Crippen molar-refractivity contribution in [1.82, 2.24) is 0 Å². The molecule has 8 rings (SSSR count). The third-order valence-electron chi connectivity index (χ3n) is 10.1. The van der Waals surface area contributed by atoms with Gasteiger partial charge < -0.3 is 19.3 Å². The number of nitro benzene ring substituents is 1. The molecule has 4 saturated carbocycles. The SMILES string of the molecule is CC12CC3CC(C)(C1)CC(c1ccc(Oc4ccc([N+](=O)[O-])c(OCc5ccccc5)c4)cc1Oc1ccc(C(=O)O)cc1)(C3)C2. The van der Waals surface area contributed by atoms with E-state index in [1.54, 1.807) is 36.4 Å². The molecule has 2 atom stereocenters. The topological polar surface area (TPSA) is 108 Å². The van der Waals surface area contributed by atoms with Gasteiger partial charge >= 0.3 is 11.7 Å². The Bertz CT molecular complexity index is 1780. The molecule has 1 N–H and O–H groups in total. The molecule has 2 unspecified atom stereocenters. The standard InChI is InChI=1S/C38H37NO7/c1-36-18-26-19-37(2,22-36)24-38(20-26,23-36)31-14-12-29(16-33(31)46-28-10-8-27(9-11-28)35(40)41)45-30-13-15-32(39(42)43)34(17-30)44-21-25-6-4-3-5-7-25/h3-17,26H,18-24H2,1-2H3,(H,40,41). The van der Waals surface area contributed by atoms with Gasteiger partial charge in [0.15, 0.2) is 0 Å². The van der Waals surface area contributed by atoms with Crippen LogP contribution in [0.2, 0.25) is 0 Å². The Morgan fingerprint density at radius 2 is 1.43 bits per heavy atom. The van der Waals surface area contributed by atoms with E-state index in [-0.39, 0.29) is 29.0 Å². The molecule has 8 nitrogen and oxygen atoms in total. The zero-order valence-corrected chi connectivity index (χ0v) is 26.0. The summed E-state index contributed by atoms with van der Waals surface area (Å²) < 4.78 is 18.7. The van der Waals surface area contributed by atoms with Crippen LogP contribution in [0.3, 0.4) is 0 Å². The summed E-state index contributed by atoms with van der Waals surface area (Å²) in [5.74, 6) is 1.94. The van der Waals surface area contributed by atoms with E-state index in [1.807, 2.05) is 42.5 Å². The van der Waals surface area contributed by atoms with E-state index in [2.05, 4.69) is 19.9 Å². The van der Waals surface area contributed by atoms with Crippen LogP contribution in [-0.4, -0.2) is 16.0 Å². The second-order valence-corrected chi connectivity index (χ2v) is 14.3. The van der Waals surface area contributed by atoms with E-state index in [1.165, 1.54) is 25.3 Å². The van der Waals surface area contributed by atoms with Crippen LogP contribution in [0, 0.1) is 26.9 Å². The predicted octanol–water partition coefficient (Wildman–Crippen LogP) is 9.70. The summed E-state index contributed by atoms with van der Waals surface area (Å²) in [4.78, 5) is 22.7. The fourth-order valence-corrected chi connectivity index (χ4v) is 9.33. The van der Waals surface area contributed by atoms with Gasteiger partial charge in [-0.2, -0.15) is 0 Å². The highest BCUT2D eigenvalue weighted by atomic mass is 16.6. The van der Waals surface area contributed by atoms with Crippen molar-refractivity contribution in [2.45, 2.75) is 64.4 Å². The Morgan fingerprint density at radius 1 is 0.804 bits per heavy atom. The number of benzene rings is 4. The van der Waals surface area contributed by atoms with Crippen molar-refractivity contribution < 1.29 is 29.0 Å². The first-order valence-corrected chi connectivity index (χ1v) is 15.8. The van der Waals surface area contributed by atoms with Gasteiger partial charge in [0, 0.05) is 29.2 Å². The van der Waals surface area contributed by atoms with E-state index in [0.29, 0.717) is 39.7 Å². The second-order valence-electron chi connectivity index (χ2n) is 14.3. The van der Waals surface area contributed by atoms with Gasteiger partial charge in [-0.3, -0.25) is 10.1 Å². The molecule has 4 aromatic carbocycles. The molecule has 0 radical (unpaired) electrons. The van der Waals surface area contributed by atoms with Gasteiger partial charge in [-0.1, -0.05) is 50.2 Å². The van der Waals surface area contributed by atoms with E-state index in [4.69, 9.17) is 14.2 Å². The van der Waals surface area contributed by atoms with Crippen LogP contribution in [-0.2, 0) is 12.0 Å². The first-order valence-electron chi connectivity index (χ1n) is 15.8. The molecule has 46 heavy (non-hydrogen) atoms. The third-order valence-corrected chi connectivity index (χ3v) is 10.1. The number of rotatable bonds is 10. The minimum atomic E-state index is -0.993. The van der Waals surface area contributed by atoms with Gasteiger partial charge in [-0.25, -0.2) is 4.79 Å². The van der Waals surface area contributed by atoms with E-state index in [0.717, 1.165) is 30.4 Å². The molecule has 0 amide bonds. The van der Waals surface area contributed by atoms with Crippen LogP contribution in [0.5, 0.6) is 28.7 Å². The van der Waals surface area contributed by atoms with Crippen LogP contribution in [0.15, 0.2) is 91.0 Å². The molecule has 4 bridgehead atoms. The molecule has 0 aromatic heterocycles. The summed E-state index contributed by atoms with van der Waals surface area (Å²) in [6.07, 6.45) is 7.12. The highest BCUT2D eigenvalue weighted by molar-refractivity contribution is 5.87. The van der Waals surface area contributed by atoms with Crippen molar-refractivity contribution in [3.05, 3.63) is 118 Å². The zero-order chi connectivity index (χ0) is 32.1. The van der Waals surface area contributed by atoms with Crippen LogP contribution >= 0.6 is 0 Å². The number of aromatic carboxylic acids is 1. The zero-order valence-electron chi connectivity index (χ0n) is 26.0. The number of hydrogen-bond donors (Lipinski definition) is 1. The summed E-state index contributed by atoms with van der Waals surface area (Å²) in [6.45, 7) is 5.07. The van der Waals surface area contributed by atoms with Gasteiger partial charge in [0.05, 0.1) is 10.5 Å². The monoisotopic (exact) mass is 619 g/mol. The first-order chi connectivity index (χ1) is 22.0. The van der Waals surface area contributed by atoms with Crippen molar-refractivity contribution in [3.63, 3.8) is 0 Å². The van der Waals surface area contributed by atoms with Crippen molar-refractivity contribution in [3.8, 4) is 28.7 Å². The molecule has 4 aliphatic rings. The highest BCUT2D eigenvalue weighted by Crippen LogP contribution is 2.70. The lowest BCUT2D eigenvalue weighted by atomic mass is 9.39. The second kappa shape index (κ2) is 11.2. The van der Waals surface area contributed by atoms with Crippen molar-refractivity contribution in [2.24, 2.45) is 16.7 Å². The van der Waals surface area contributed by atoms with Gasteiger partial charge in [0.25, 0.3) is 0 Å². The van der Waals surface area contributed by atoms with Crippen LogP contribution in [0.1, 0.15) is 73.9 Å². The molecule has 4 aliphatic carbocycles. The number of carboxylic acid groups (broad SMARTS) is 1. The highest BCUT2D eigenvalue weighted by Gasteiger charge is 2.61. The number of nitro groups is 1. The Kier molecular flexibility index (Phi) is 7.26. The van der Waals surface area contributed by atoms with Gasteiger partial charge in [0.1, 0.15) is 29.6 Å². The third kappa shape index (κ3) is 5.80. The maximum atomic E-state index is 11.8. The molecule has 0 spiro atoms. The van der Waals surface area contributed by atoms with E-state index < -0.39 is 10.9 Å². The van der Waals surface area contributed by atoms with Gasteiger partial charge in [-0.05, 0) is 97.2 Å². The molecule has 0 saturated heterocycles. The lowest BCUT2D eigenvalue weighted by molar-refractivity contribution is -0.386. The van der Waals surface area contributed by atoms with E-state index in [9.17, 15) is 20.0 Å². The summed E-state index contributed by atoms with van der Waals surface area (Å²) in [5, 5.41) is 21.1. The Balaban J connectivity index is 1.23. The Labute approximate surface area is 268 Å².